The molecule has 1 aliphatic rings. The Morgan fingerprint density at radius 2 is 1.54 bits per heavy atom. The van der Waals surface area contributed by atoms with Crippen LogP contribution in [0, 0.1) is 13.8 Å². The van der Waals surface area contributed by atoms with Crippen molar-refractivity contribution in [1.82, 2.24) is 4.90 Å². The van der Waals surface area contributed by atoms with Crippen LogP contribution in [-0.2, 0) is 5.72 Å². The normalized spacial score (nSPS) is 18.2. The number of ether oxygens (including phenoxy) is 1. The average Bonchev–Trinajstić information content (AvgIpc) is 2.94. The molecule has 3 aromatic carbocycles. The zero-order valence-corrected chi connectivity index (χ0v) is 16.1. The lowest BCUT2D eigenvalue weighted by Gasteiger charge is -2.34. The monoisotopic (exact) mass is 373 g/mol. The van der Waals surface area contributed by atoms with E-state index in [-0.39, 0.29) is 12.5 Å². The molecule has 1 aliphatic heterocycles. The SMILES string of the molecule is Cc1cccc(C)c1OCCN1C(=O)c2ccccc2[C@]1(O)c1ccccc1. The van der Waals surface area contributed by atoms with Crippen LogP contribution in [0.4, 0.5) is 0 Å². The van der Waals surface area contributed by atoms with Gasteiger partial charge in [-0.05, 0) is 31.0 Å². The molecule has 0 radical (unpaired) electrons. The van der Waals surface area contributed by atoms with E-state index < -0.39 is 5.72 Å². The maximum Gasteiger partial charge on any atom is 0.257 e. The van der Waals surface area contributed by atoms with Crippen molar-refractivity contribution in [3.8, 4) is 5.75 Å². The predicted octanol–water partition coefficient (Wildman–Crippen LogP) is 4.03. The van der Waals surface area contributed by atoms with Crippen LogP contribution in [0.15, 0.2) is 72.8 Å². The average molecular weight is 373 g/mol. The third kappa shape index (κ3) is 2.86. The minimum Gasteiger partial charge on any atom is -0.491 e. The van der Waals surface area contributed by atoms with E-state index in [1.54, 1.807) is 6.07 Å². The Kier molecular flexibility index (Phi) is 4.65. The van der Waals surface area contributed by atoms with Crippen molar-refractivity contribution in [2.45, 2.75) is 19.6 Å². The lowest BCUT2D eigenvalue weighted by atomic mass is 9.94. The van der Waals surface area contributed by atoms with Gasteiger partial charge in [-0.2, -0.15) is 0 Å². The van der Waals surface area contributed by atoms with E-state index in [1.165, 1.54) is 4.90 Å². The van der Waals surface area contributed by atoms with Gasteiger partial charge in [0.15, 0.2) is 5.72 Å². The van der Waals surface area contributed by atoms with E-state index in [0.29, 0.717) is 23.3 Å². The molecule has 1 atom stereocenters. The number of carbonyl (C=O) groups is 1. The maximum absolute atomic E-state index is 13.1. The van der Waals surface area contributed by atoms with Crippen molar-refractivity contribution in [3.63, 3.8) is 0 Å². The van der Waals surface area contributed by atoms with Crippen LogP contribution in [-0.4, -0.2) is 29.1 Å². The molecular weight excluding hydrogens is 350 g/mol. The minimum atomic E-state index is -1.50. The van der Waals surface area contributed by atoms with Crippen LogP contribution >= 0.6 is 0 Å². The highest BCUT2D eigenvalue weighted by molar-refractivity contribution is 6.00. The number of benzene rings is 3. The highest BCUT2D eigenvalue weighted by Crippen LogP contribution is 2.41. The van der Waals surface area contributed by atoms with Crippen LogP contribution in [0.5, 0.6) is 5.75 Å². The fourth-order valence-electron chi connectivity index (χ4n) is 3.92. The molecule has 1 N–H and O–H groups in total. The van der Waals surface area contributed by atoms with Gasteiger partial charge in [-0.15, -0.1) is 0 Å². The summed E-state index contributed by atoms with van der Waals surface area (Å²) in [5.41, 5.74) is 2.40. The number of carbonyl (C=O) groups excluding carboxylic acids is 1. The molecule has 4 rings (SSSR count). The Morgan fingerprint density at radius 1 is 0.893 bits per heavy atom. The Bertz CT molecular complexity index is 995. The Labute approximate surface area is 165 Å². The van der Waals surface area contributed by atoms with Gasteiger partial charge in [-0.1, -0.05) is 66.7 Å². The highest BCUT2D eigenvalue weighted by Gasteiger charge is 2.49. The molecule has 0 unspecified atom stereocenters. The van der Waals surface area contributed by atoms with Gasteiger partial charge in [0.25, 0.3) is 5.91 Å². The first kappa shape index (κ1) is 18.3. The van der Waals surface area contributed by atoms with Crippen LogP contribution in [0.1, 0.15) is 32.6 Å². The quantitative estimate of drug-likeness (QED) is 0.735. The summed E-state index contributed by atoms with van der Waals surface area (Å²) < 4.78 is 6.00. The second-order valence-electron chi connectivity index (χ2n) is 7.11. The molecule has 0 spiro atoms. The van der Waals surface area contributed by atoms with Gasteiger partial charge < -0.3 is 9.84 Å². The summed E-state index contributed by atoms with van der Waals surface area (Å²) in [6.45, 7) is 4.56. The number of rotatable bonds is 5. The van der Waals surface area contributed by atoms with Crippen molar-refractivity contribution in [3.05, 3.63) is 101 Å². The van der Waals surface area contributed by atoms with E-state index in [4.69, 9.17) is 4.74 Å². The van der Waals surface area contributed by atoms with Crippen LogP contribution in [0.25, 0.3) is 0 Å². The standard InChI is InChI=1S/C24H23NO3/c1-17-9-8-10-18(2)22(17)28-16-15-25-23(26)20-13-6-7-14-21(20)24(25,27)19-11-4-3-5-12-19/h3-14,27H,15-16H2,1-2H3/t24-/m1/s1. The van der Waals surface area contributed by atoms with Crippen molar-refractivity contribution < 1.29 is 14.6 Å². The molecule has 28 heavy (non-hydrogen) atoms. The summed E-state index contributed by atoms with van der Waals surface area (Å²) in [5, 5.41) is 11.7. The minimum absolute atomic E-state index is 0.188. The lowest BCUT2D eigenvalue weighted by Crippen LogP contribution is -2.46. The summed E-state index contributed by atoms with van der Waals surface area (Å²) >= 11 is 0. The van der Waals surface area contributed by atoms with Crippen LogP contribution < -0.4 is 4.74 Å². The predicted molar refractivity (Wildman–Crippen MR) is 108 cm³/mol. The van der Waals surface area contributed by atoms with Crippen LogP contribution in [0.2, 0.25) is 0 Å². The van der Waals surface area contributed by atoms with Gasteiger partial charge >= 0.3 is 0 Å². The van der Waals surface area contributed by atoms with Gasteiger partial charge in [0.2, 0.25) is 0 Å². The summed E-state index contributed by atoms with van der Waals surface area (Å²) in [6.07, 6.45) is 0. The van der Waals surface area contributed by atoms with E-state index in [0.717, 1.165) is 16.9 Å². The number of hydrogen-bond acceptors (Lipinski definition) is 3. The second-order valence-corrected chi connectivity index (χ2v) is 7.11. The molecule has 142 valence electrons. The molecule has 0 saturated carbocycles. The first-order chi connectivity index (χ1) is 13.5. The number of aliphatic hydroxyl groups is 1. The van der Waals surface area contributed by atoms with E-state index in [9.17, 15) is 9.90 Å². The van der Waals surface area contributed by atoms with Gasteiger partial charge in [0.1, 0.15) is 12.4 Å². The summed E-state index contributed by atoms with van der Waals surface area (Å²) in [4.78, 5) is 14.6. The summed E-state index contributed by atoms with van der Waals surface area (Å²) in [6, 6.07) is 22.5. The molecule has 0 fully saturated rings. The van der Waals surface area contributed by atoms with Gasteiger partial charge in [-0.25, -0.2) is 0 Å². The lowest BCUT2D eigenvalue weighted by molar-refractivity contribution is -0.0538. The number of amides is 1. The number of para-hydroxylation sites is 1. The van der Waals surface area contributed by atoms with Crippen molar-refractivity contribution >= 4 is 5.91 Å². The third-order valence-electron chi connectivity index (χ3n) is 5.32. The number of hydrogen-bond donors (Lipinski definition) is 1. The number of aryl methyl sites for hydroxylation is 2. The van der Waals surface area contributed by atoms with Crippen LogP contribution in [0.3, 0.4) is 0 Å². The topological polar surface area (TPSA) is 49.8 Å². The first-order valence-electron chi connectivity index (χ1n) is 9.42. The Hall–Kier alpha value is -3.11. The smallest absolute Gasteiger partial charge is 0.257 e. The summed E-state index contributed by atoms with van der Waals surface area (Å²) in [7, 11) is 0. The fraction of sp³-hybridized carbons (Fsp3) is 0.208. The molecule has 1 heterocycles. The molecule has 0 aromatic heterocycles. The Balaban J connectivity index is 1.65. The van der Waals surface area contributed by atoms with Gasteiger partial charge in [-0.3, -0.25) is 9.69 Å². The van der Waals surface area contributed by atoms with Gasteiger partial charge in [0, 0.05) is 16.7 Å². The van der Waals surface area contributed by atoms with E-state index >= 15 is 0 Å². The van der Waals surface area contributed by atoms with Crippen molar-refractivity contribution in [1.29, 1.82) is 0 Å². The molecule has 1 amide bonds. The number of nitrogens with zero attached hydrogens (tertiary/aromatic N) is 1. The largest absolute Gasteiger partial charge is 0.491 e. The van der Waals surface area contributed by atoms with Crippen molar-refractivity contribution in [2.75, 3.05) is 13.2 Å². The van der Waals surface area contributed by atoms with Crippen molar-refractivity contribution in [2.24, 2.45) is 0 Å². The van der Waals surface area contributed by atoms with Gasteiger partial charge in [0.05, 0.1) is 6.54 Å². The first-order valence-corrected chi connectivity index (χ1v) is 9.42. The highest BCUT2D eigenvalue weighted by atomic mass is 16.5. The molecule has 0 saturated heterocycles. The molecule has 4 nitrogen and oxygen atoms in total. The van der Waals surface area contributed by atoms with E-state index in [1.807, 2.05) is 80.6 Å². The maximum atomic E-state index is 13.1. The molecule has 0 aliphatic carbocycles. The third-order valence-corrected chi connectivity index (χ3v) is 5.32. The molecule has 3 aromatic rings. The zero-order valence-electron chi connectivity index (χ0n) is 16.1. The summed E-state index contributed by atoms with van der Waals surface area (Å²) in [5.74, 6) is 0.641. The molecule has 4 heteroatoms. The molecule has 0 bridgehead atoms. The Morgan fingerprint density at radius 3 is 2.25 bits per heavy atom. The molecular formula is C24H23NO3. The second kappa shape index (κ2) is 7.13. The zero-order chi connectivity index (χ0) is 19.7. The fourth-order valence-corrected chi connectivity index (χ4v) is 3.92. The van der Waals surface area contributed by atoms with E-state index in [2.05, 4.69) is 0 Å². The number of fused-ring (bicyclic) bond motifs is 1.